The van der Waals surface area contributed by atoms with E-state index in [-0.39, 0.29) is 5.91 Å². The van der Waals surface area contributed by atoms with Crippen molar-refractivity contribution in [1.29, 1.82) is 0 Å². The summed E-state index contributed by atoms with van der Waals surface area (Å²) in [5, 5.41) is 1.51. The third-order valence-electron chi connectivity index (χ3n) is 3.78. The van der Waals surface area contributed by atoms with E-state index in [2.05, 4.69) is 13.8 Å². The van der Waals surface area contributed by atoms with E-state index in [1.54, 1.807) is 0 Å². The zero-order valence-corrected chi connectivity index (χ0v) is 14.2. The Hall–Kier alpha value is -1.26. The van der Waals surface area contributed by atoms with Crippen LogP contribution < -0.4 is 5.73 Å². The Morgan fingerprint density at radius 1 is 1.43 bits per heavy atom. The van der Waals surface area contributed by atoms with E-state index in [4.69, 9.17) is 17.3 Å². The first kappa shape index (κ1) is 16.1. The van der Waals surface area contributed by atoms with Crippen LogP contribution in [0.2, 0.25) is 5.02 Å². The molecular formula is C16H21ClN2OS. The van der Waals surface area contributed by atoms with Crippen LogP contribution in [0.25, 0.3) is 10.1 Å². The number of anilines is 1. The van der Waals surface area contributed by atoms with Crippen LogP contribution in [-0.2, 0) is 0 Å². The van der Waals surface area contributed by atoms with Gasteiger partial charge in [-0.25, -0.2) is 0 Å². The number of hydrogen-bond acceptors (Lipinski definition) is 3. The first-order chi connectivity index (χ1) is 9.97. The number of thiophene rings is 1. The maximum Gasteiger partial charge on any atom is 0.266 e. The fraction of sp³-hybridized carbons (Fsp3) is 0.438. The van der Waals surface area contributed by atoms with Crippen LogP contribution in [0.3, 0.4) is 0 Å². The number of rotatable bonds is 5. The van der Waals surface area contributed by atoms with E-state index in [1.165, 1.54) is 11.3 Å². The van der Waals surface area contributed by atoms with Crippen LogP contribution in [0.1, 0.15) is 36.9 Å². The Labute approximate surface area is 134 Å². The SMILES string of the molecule is CCC(C)CN(CC)C(=O)c1sc2ccc(Cl)cc2c1N. The van der Waals surface area contributed by atoms with Gasteiger partial charge in [-0.1, -0.05) is 31.9 Å². The molecule has 0 aliphatic carbocycles. The molecule has 0 aliphatic heterocycles. The van der Waals surface area contributed by atoms with Gasteiger partial charge < -0.3 is 10.6 Å². The Bertz CT molecular complexity index is 653. The van der Waals surface area contributed by atoms with Crippen LogP contribution >= 0.6 is 22.9 Å². The molecule has 0 spiro atoms. The first-order valence-corrected chi connectivity index (χ1v) is 8.44. The maximum atomic E-state index is 12.7. The lowest BCUT2D eigenvalue weighted by atomic mass is 10.1. The van der Waals surface area contributed by atoms with Gasteiger partial charge in [-0.05, 0) is 31.0 Å². The zero-order valence-electron chi connectivity index (χ0n) is 12.6. The molecule has 1 unspecified atom stereocenters. The molecule has 0 bridgehead atoms. The molecule has 2 aromatic rings. The van der Waals surface area contributed by atoms with Crippen molar-refractivity contribution < 1.29 is 4.79 Å². The van der Waals surface area contributed by atoms with Gasteiger partial charge in [0.15, 0.2) is 0 Å². The summed E-state index contributed by atoms with van der Waals surface area (Å²) in [4.78, 5) is 15.2. The number of carbonyl (C=O) groups is 1. The van der Waals surface area contributed by atoms with Crippen LogP contribution in [0.4, 0.5) is 5.69 Å². The minimum absolute atomic E-state index is 0.0209. The minimum atomic E-state index is 0.0209. The number of fused-ring (bicyclic) bond motifs is 1. The smallest absolute Gasteiger partial charge is 0.266 e. The third kappa shape index (κ3) is 3.33. The van der Waals surface area contributed by atoms with E-state index in [0.717, 1.165) is 23.1 Å². The molecule has 5 heteroatoms. The summed E-state index contributed by atoms with van der Waals surface area (Å²) in [5.41, 5.74) is 6.72. The van der Waals surface area contributed by atoms with Gasteiger partial charge in [0.05, 0.1) is 5.69 Å². The Morgan fingerprint density at radius 2 is 2.14 bits per heavy atom. The van der Waals surface area contributed by atoms with Gasteiger partial charge in [0.2, 0.25) is 0 Å². The van der Waals surface area contributed by atoms with Crippen molar-refractivity contribution in [3.8, 4) is 0 Å². The van der Waals surface area contributed by atoms with Crippen molar-refractivity contribution in [1.82, 2.24) is 4.90 Å². The molecule has 2 rings (SSSR count). The number of carbonyl (C=O) groups excluding carboxylic acids is 1. The van der Waals surface area contributed by atoms with Crippen molar-refractivity contribution >= 4 is 44.6 Å². The zero-order chi connectivity index (χ0) is 15.6. The summed E-state index contributed by atoms with van der Waals surface area (Å²) in [6.45, 7) is 7.75. The lowest BCUT2D eigenvalue weighted by molar-refractivity contribution is 0.0747. The highest BCUT2D eigenvalue weighted by Crippen LogP contribution is 2.36. The van der Waals surface area contributed by atoms with E-state index >= 15 is 0 Å². The van der Waals surface area contributed by atoms with Gasteiger partial charge in [0, 0.05) is 28.2 Å². The number of amides is 1. The number of nitrogens with two attached hydrogens (primary N) is 1. The number of nitrogens with zero attached hydrogens (tertiary/aromatic N) is 1. The second kappa shape index (κ2) is 6.67. The highest BCUT2D eigenvalue weighted by Gasteiger charge is 2.22. The molecule has 1 atom stereocenters. The first-order valence-electron chi connectivity index (χ1n) is 7.24. The quantitative estimate of drug-likeness (QED) is 0.870. The molecule has 0 aliphatic rings. The van der Waals surface area contributed by atoms with Crippen molar-refractivity contribution in [2.45, 2.75) is 27.2 Å². The largest absolute Gasteiger partial charge is 0.397 e. The second-order valence-electron chi connectivity index (χ2n) is 5.34. The van der Waals surface area contributed by atoms with E-state index in [1.807, 2.05) is 30.0 Å². The lowest BCUT2D eigenvalue weighted by Crippen LogP contribution is -2.34. The molecule has 21 heavy (non-hydrogen) atoms. The fourth-order valence-corrected chi connectivity index (χ4v) is 3.50. The summed E-state index contributed by atoms with van der Waals surface area (Å²) < 4.78 is 1.000. The standard InChI is InChI=1S/C16H21ClN2OS/c1-4-10(3)9-19(5-2)16(20)15-14(18)12-8-11(17)6-7-13(12)21-15/h6-8,10H,4-5,9,18H2,1-3H3. The number of halogens is 1. The molecule has 3 nitrogen and oxygen atoms in total. The molecular weight excluding hydrogens is 304 g/mol. The molecule has 114 valence electrons. The Morgan fingerprint density at radius 3 is 2.76 bits per heavy atom. The third-order valence-corrected chi connectivity index (χ3v) is 5.19. The van der Waals surface area contributed by atoms with Gasteiger partial charge in [-0.2, -0.15) is 0 Å². The van der Waals surface area contributed by atoms with Gasteiger partial charge in [-0.15, -0.1) is 11.3 Å². The van der Waals surface area contributed by atoms with Crippen LogP contribution in [-0.4, -0.2) is 23.9 Å². The van der Waals surface area contributed by atoms with Crippen molar-refractivity contribution in [3.63, 3.8) is 0 Å². The van der Waals surface area contributed by atoms with Gasteiger partial charge in [0.25, 0.3) is 5.91 Å². The monoisotopic (exact) mass is 324 g/mol. The molecule has 0 saturated heterocycles. The Balaban J connectivity index is 2.36. The van der Waals surface area contributed by atoms with Crippen molar-refractivity contribution in [2.24, 2.45) is 5.92 Å². The Kier molecular flexibility index (Phi) is 5.12. The average Bonchev–Trinajstić information content (AvgIpc) is 2.80. The molecule has 0 fully saturated rings. The topological polar surface area (TPSA) is 46.3 Å². The number of hydrogen-bond donors (Lipinski definition) is 1. The molecule has 1 heterocycles. The summed E-state index contributed by atoms with van der Waals surface area (Å²) in [6.07, 6.45) is 1.06. The summed E-state index contributed by atoms with van der Waals surface area (Å²) in [7, 11) is 0. The highest BCUT2D eigenvalue weighted by molar-refractivity contribution is 7.21. The molecule has 1 aromatic carbocycles. The number of benzene rings is 1. The fourth-order valence-electron chi connectivity index (χ4n) is 2.25. The van der Waals surface area contributed by atoms with E-state index < -0.39 is 0 Å². The molecule has 0 saturated carbocycles. The normalized spacial score (nSPS) is 12.6. The molecule has 1 aromatic heterocycles. The summed E-state index contributed by atoms with van der Waals surface area (Å²) in [6, 6.07) is 5.57. The number of nitrogen functional groups attached to an aromatic ring is 1. The van der Waals surface area contributed by atoms with Crippen LogP contribution in [0, 0.1) is 5.92 Å². The van der Waals surface area contributed by atoms with Crippen molar-refractivity contribution in [3.05, 3.63) is 28.1 Å². The van der Waals surface area contributed by atoms with Crippen molar-refractivity contribution in [2.75, 3.05) is 18.8 Å². The average molecular weight is 325 g/mol. The minimum Gasteiger partial charge on any atom is -0.397 e. The highest BCUT2D eigenvalue weighted by atomic mass is 35.5. The van der Waals surface area contributed by atoms with Gasteiger partial charge in [0.1, 0.15) is 4.88 Å². The van der Waals surface area contributed by atoms with Gasteiger partial charge >= 0.3 is 0 Å². The molecule has 0 radical (unpaired) electrons. The van der Waals surface area contributed by atoms with Crippen LogP contribution in [0.5, 0.6) is 0 Å². The maximum absolute atomic E-state index is 12.7. The summed E-state index contributed by atoms with van der Waals surface area (Å²) >= 11 is 7.45. The molecule has 1 amide bonds. The predicted octanol–water partition coefficient (Wildman–Crippen LogP) is 4.65. The van der Waals surface area contributed by atoms with E-state index in [0.29, 0.717) is 28.0 Å². The second-order valence-corrected chi connectivity index (χ2v) is 6.83. The lowest BCUT2D eigenvalue weighted by Gasteiger charge is -2.23. The summed E-state index contributed by atoms with van der Waals surface area (Å²) in [5.74, 6) is 0.506. The van der Waals surface area contributed by atoms with Crippen LogP contribution in [0.15, 0.2) is 18.2 Å². The predicted molar refractivity (Wildman–Crippen MR) is 92.3 cm³/mol. The molecule has 2 N–H and O–H groups in total. The van der Waals surface area contributed by atoms with E-state index in [9.17, 15) is 4.79 Å². The van der Waals surface area contributed by atoms with Gasteiger partial charge in [-0.3, -0.25) is 4.79 Å².